The summed E-state index contributed by atoms with van der Waals surface area (Å²) in [5.41, 5.74) is 4.83. The summed E-state index contributed by atoms with van der Waals surface area (Å²) in [6, 6.07) is 22.5. The first-order valence-electron chi connectivity index (χ1n) is 7.43. The Kier molecular flexibility index (Phi) is 3.24. The lowest BCUT2D eigenvalue weighted by Crippen LogP contribution is -1.95. The summed E-state index contributed by atoms with van der Waals surface area (Å²) in [6.45, 7) is 0. The second-order valence-corrected chi connectivity index (χ2v) is 5.38. The quantitative estimate of drug-likeness (QED) is 0.522. The van der Waals surface area contributed by atoms with Crippen LogP contribution in [-0.4, -0.2) is 15.8 Å². The summed E-state index contributed by atoms with van der Waals surface area (Å²) in [5.74, 6) is 0. The number of aromatic nitrogens is 2. The van der Waals surface area contributed by atoms with E-state index in [-0.39, 0.29) is 0 Å². The highest BCUT2D eigenvalue weighted by Crippen LogP contribution is 2.27. The number of hydrogen-bond acceptors (Lipinski definition) is 2. The molecule has 3 nitrogen and oxygen atoms in total. The van der Waals surface area contributed by atoms with Crippen molar-refractivity contribution in [3.63, 3.8) is 0 Å². The minimum atomic E-state index is 0.434. The van der Waals surface area contributed by atoms with Crippen LogP contribution < -0.4 is 0 Å². The lowest BCUT2D eigenvalue weighted by Gasteiger charge is -2.08. The molecular formula is C20H14N2O. The largest absolute Gasteiger partial charge is 0.316 e. The molecule has 0 aliphatic rings. The van der Waals surface area contributed by atoms with E-state index in [0.717, 1.165) is 22.9 Å². The Bertz CT molecular complexity index is 987. The van der Waals surface area contributed by atoms with Gasteiger partial charge >= 0.3 is 0 Å². The maximum atomic E-state index is 11.0. The summed E-state index contributed by atoms with van der Waals surface area (Å²) in [5, 5.41) is 1.16. The summed E-state index contributed by atoms with van der Waals surface area (Å²) < 4.78 is 2.08. The molecule has 4 rings (SSSR count). The molecule has 0 N–H and O–H groups in total. The van der Waals surface area contributed by atoms with Gasteiger partial charge in [0, 0.05) is 18.1 Å². The molecule has 0 saturated carbocycles. The highest BCUT2D eigenvalue weighted by atomic mass is 16.1. The molecule has 0 amide bonds. The number of aldehydes is 1. The number of benzene rings is 2. The molecule has 0 unspecified atom stereocenters. The average Bonchev–Trinajstić information content (AvgIpc) is 3.05. The third-order valence-corrected chi connectivity index (χ3v) is 3.96. The number of hydrogen-bond donors (Lipinski definition) is 0. The van der Waals surface area contributed by atoms with Gasteiger partial charge in [0.15, 0.2) is 6.29 Å². The van der Waals surface area contributed by atoms with Gasteiger partial charge in [-0.05, 0) is 40.8 Å². The maximum Gasteiger partial charge on any atom is 0.168 e. The van der Waals surface area contributed by atoms with Crippen LogP contribution in [0.2, 0.25) is 0 Å². The smallest absolute Gasteiger partial charge is 0.168 e. The van der Waals surface area contributed by atoms with E-state index in [4.69, 9.17) is 0 Å². The van der Waals surface area contributed by atoms with Gasteiger partial charge in [0.25, 0.3) is 0 Å². The third-order valence-electron chi connectivity index (χ3n) is 3.96. The van der Waals surface area contributed by atoms with Gasteiger partial charge in [0.05, 0.1) is 5.52 Å². The third kappa shape index (κ3) is 2.42. The summed E-state index contributed by atoms with van der Waals surface area (Å²) in [6.07, 6.45) is 4.44. The van der Waals surface area contributed by atoms with Gasteiger partial charge in [0.2, 0.25) is 0 Å². The lowest BCUT2D eigenvalue weighted by molar-refractivity contribution is 0.111. The monoisotopic (exact) mass is 298 g/mol. The van der Waals surface area contributed by atoms with Crippen LogP contribution in [-0.2, 0) is 0 Å². The number of carbonyl (C=O) groups is 1. The van der Waals surface area contributed by atoms with Crippen molar-refractivity contribution in [3.8, 4) is 16.8 Å². The Morgan fingerprint density at radius 3 is 2.57 bits per heavy atom. The van der Waals surface area contributed by atoms with Gasteiger partial charge in [-0.2, -0.15) is 0 Å². The molecular weight excluding hydrogens is 284 g/mol. The number of pyridine rings is 1. The average molecular weight is 298 g/mol. The Morgan fingerprint density at radius 2 is 1.74 bits per heavy atom. The van der Waals surface area contributed by atoms with E-state index in [1.54, 1.807) is 12.3 Å². The first-order valence-corrected chi connectivity index (χ1v) is 7.43. The zero-order valence-corrected chi connectivity index (χ0v) is 12.4. The zero-order valence-electron chi connectivity index (χ0n) is 12.4. The maximum absolute atomic E-state index is 11.0. The number of nitrogens with zero attached hydrogens (tertiary/aromatic N) is 2. The standard InChI is InChI=1S/C20H14N2O/c23-14-18-13-19(8-10-21-18)22-11-9-16-6-7-17(12-20(16)22)15-4-2-1-3-5-15/h1-14H. The molecule has 2 aromatic heterocycles. The van der Waals surface area contributed by atoms with E-state index in [0.29, 0.717) is 5.69 Å². The topological polar surface area (TPSA) is 34.9 Å². The van der Waals surface area contributed by atoms with E-state index in [1.807, 2.05) is 30.5 Å². The molecule has 0 saturated heterocycles. The molecule has 0 atom stereocenters. The minimum absolute atomic E-state index is 0.434. The summed E-state index contributed by atoms with van der Waals surface area (Å²) in [4.78, 5) is 15.0. The molecule has 0 radical (unpaired) electrons. The van der Waals surface area contributed by atoms with Crippen molar-refractivity contribution in [2.75, 3.05) is 0 Å². The fourth-order valence-corrected chi connectivity index (χ4v) is 2.81. The minimum Gasteiger partial charge on any atom is -0.316 e. The Hall–Kier alpha value is -3.20. The van der Waals surface area contributed by atoms with Crippen molar-refractivity contribution in [3.05, 3.63) is 84.8 Å². The molecule has 2 heterocycles. The first kappa shape index (κ1) is 13.5. The fourth-order valence-electron chi connectivity index (χ4n) is 2.81. The molecule has 3 heteroatoms. The predicted molar refractivity (Wildman–Crippen MR) is 91.9 cm³/mol. The first-order chi connectivity index (χ1) is 11.3. The van der Waals surface area contributed by atoms with Crippen molar-refractivity contribution >= 4 is 17.2 Å². The van der Waals surface area contributed by atoms with Crippen molar-refractivity contribution in [1.29, 1.82) is 0 Å². The van der Waals surface area contributed by atoms with Crippen LogP contribution in [0.25, 0.3) is 27.7 Å². The van der Waals surface area contributed by atoms with Crippen LogP contribution >= 0.6 is 0 Å². The van der Waals surface area contributed by atoms with Gasteiger partial charge in [-0.1, -0.05) is 42.5 Å². The summed E-state index contributed by atoms with van der Waals surface area (Å²) in [7, 11) is 0. The molecule has 0 bridgehead atoms. The highest BCUT2D eigenvalue weighted by Gasteiger charge is 2.06. The van der Waals surface area contributed by atoms with Crippen LogP contribution in [0.15, 0.2) is 79.1 Å². The molecule has 2 aromatic carbocycles. The SMILES string of the molecule is O=Cc1cc(-n2ccc3ccc(-c4ccccc4)cc32)ccn1. The van der Waals surface area contributed by atoms with Gasteiger partial charge in [-0.25, -0.2) is 0 Å². The fraction of sp³-hybridized carbons (Fsp3) is 0. The second kappa shape index (κ2) is 5.54. The van der Waals surface area contributed by atoms with Crippen LogP contribution in [0, 0.1) is 0 Å². The number of carbonyl (C=O) groups excluding carboxylic acids is 1. The van der Waals surface area contributed by atoms with Crippen LogP contribution in [0.4, 0.5) is 0 Å². The van der Waals surface area contributed by atoms with E-state index in [1.165, 1.54) is 11.1 Å². The molecule has 0 aliphatic carbocycles. The van der Waals surface area contributed by atoms with Gasteiger partial charge in [-0.15, -0.1) is 0 Å². The summed E-state index contributed by atoms with van der Waals surface area (Å²) >= 11 is 0. The Morgan fingerprint density at radius 1 is 0.870 bits per heavy atom. The van der Waals surface area contributed by atoms with Crippen molar-refractivity contribution in [1.82, 2.24) is 9.55 Å². The van der Waals surface area contributed by atoms with E-state index in [9.17, 15) is 4.79 Å². The molecule has 0 spiro atoms. The highest BCUT2D eigenvalue weighted by molar-refractivity contribution is 5.87. The van der Waals surface area contributed by atoms with Crippen molar-refractivity contribution in [2.24, 2.45) is 0 Å². The number of rotatable bonds is 3. The second-order valence-electron chi connectivity index (χ2n) is 5.38. The molecule has 0 aliphatic heterocycles. The van der Waals surface area contributed by atoms with E-state index >= 15 is 0 Å². The molecule has 110 valence electrons. The van der Waals surface area contributed by atoms with Gasteiger partial charge in [-0.3, -0.25) is 9.78 Å². The number of fused-ring (bicyclic) bond motifs is 1. The Labute approximate surface area is 133 Å². The predicted octanol–water partition coefficient (Wildman–Crippen LogP) is 4.51. The molecule has 0 fully saturated rings. The van der Waals surface area contributed by atoms with Crippen LogP contribution in [0.5, 0.6) is 0 Å². The van der Waals surface area contributed by atoms with Crippen LogP contribution in [0.1, 0.15) is 10.5 Å². The van der Waals surface area contributed by atoms with E-state index < -0.39 is 0 Å². The van der Waals surface area contributed by atoms with Crippen LogP contribution in [0.3, 0.4) is 0 Å². The molecule has 23 heavy (non-hydrogen) atoms. The van der Waals surface area contributed by atoms with E-state index in [2.05, 4.69) is 45.9 Å². The van der Waals surface area contributed by atoms with Gasteiger partial charge < -0.3 is 4.57 Å². The van der Waals surface area contributed by atoms with Crippen molar-refractivity contribution in [2.45, 2.75) is 0 Å². The molecule has 4 aromatic rings. The Balaban J connectivity index is 1.89. The normalized spacial score (nSPS) is 10.8. The zero-order chi connectivity index (χ0) is 15.6. The van der Waals surface area contributed by atoms with Gasteiger partial charge in [0.1, 0.15) is 5.69 Å². The van der Waals surface area contributed by atoms with Crippen molar-refractivity contribution < 1.29 is 4.79 Å². The lowest BCUT2D eigenvalue weighted by atomic mass is 10.0.